The minimum absolute atomic E-state index is 0.139. The maximum absolute atomic E-state index is 10.5. The van der Waals surface area contributed by atoms with Gasteiger partial charge in [0.25, 0.3) is 5.91 Å². The van der Waals surface area contributed by atoms with Gasteiger partial charge in [-0.3, -0.25) is 4.79 Å². The second kappa shape index (κ2) is 7.56. The van der Waals surface area contributed by atoms with Crippen LogP contribution in [-0.2, 0) is 4.79 Å². The van der Waals surface area contributed by atoms with E-state index >= 15 is 0 Å². The van der Waals surface area contributed by atoms with Gasteiger partial charge in [0.05, 0.1) is 7.11 Å². The molecule has 1 aromatic rings. The van der Waals surface area contributed by atoms with Crippen molar-refractivity contribution in [3.05, 3.63) is 23.8 Å². The van der Waals surface area contributed by atoms with Crippen LogP contribution in [0.15, 0.2) is 18.2 Å². The normalized spacial score (nSPS) is 8.75. The van der Waals surface area contributed by atoms with Crippen molar-refractivity contribution in [1.29, 1.82) is 0 Å². The molecule has 0 aromatic heterocycles. The number of primary amides is 1. The highest BCUT2D eigenvalue weighted by atomic mass is 16.5. The third-order valence-electron chi connectivity index (χ3n) is 1.69. The summed E-state index contributed by atoms with van der Waals surface area (Å²) < 4.78 is 10.2. The summed E-state index contributed by atoms with van der Waals surface area (Å²) in [5.74, 6) is 0.622. The Hall–Kier alpha value is -1.71. The molecule has 0 aliphatic carbocycles. The maximum Gasteiger partial charge on any atom is 0.255 e. The van der Waals surface area contributed by atoms with Crippen molar-refractivity contribution in [3.8, 4) is 11.5 Å². The molecule has 4 nitrogen and oxygen atoms in total. The number of carbonyl (C=O) groups is 1. The first-order chi connectivity index (χ1) is 7.63. The van der Waals surface area contributed by atoms with Crippen LogP contribution in [0.4, 0.5) is 0 Å². The molecule has 0 saturated carbocycles. The SMILES string of the molecule is CC.COc1ccc(C)cc1OCC(N)=O. The largest absolute Gasteiger partial charge is 0.493 e. The summed E-state index contributed by atoms with van der Waals surface area (Å²) in [6.45, 7) is 5.79. The summed E-state index contributed by atoms with van der Waals surface area (Å²) in [5.41, 5.74) is 6.00. The lowest BCUT2D eigenvalue weighted by Crippen LogP contribution is -2.20. The number of methoxy groups -OCH3 is 1. The number of hydrogen-bond acceptors (Lipinski definition) is 3. The van der Waals surface area contributed by atoms with Crippen molar-refractivity contribution >= 4 is 5.91 Å². The molecule has 4 heteroatoms. The zero-order valence-corrected chi connectivity index (χ0v) is 10.2. The van der Waals surface area contributed by atoms with Crippen LogP contribution < -0.4 is 15.2 Å². The molecule has 90 valence electrons. The van der Waals surface area contributed by atoms with Crippen molar-refractivity contribution < 1.29 is 14.3 Å². The highest BCUT2D eigenvalue weighted by Gasteiger charge is 2.05. The molecule has 0 atom stereocenters. The fourth-order valence-electron chi connectivity index (χ4n) is 1.05. The Morgan fingerprint density at radius 1 is 1.31 bits per heavy atom. The smallest absolute Gasteiger partial charge is 0.255 e. The Kier molecular flexibility index (Phi) is 6.76. The highest BCUT2D eigenvalue weighted by Crippen LogP contribution is 2.27. The molecule has 1 rings (SSSR count). The Balaban J connectivity index is 0.00000106. The number of carbonyl (C=O) groups excluding carboxylic acids is 1. The molecule has 2 N–H and O–H groups in total. The van der Waals surface area contributed by atoms with Gasteiger partial charge in [0.2, 0.25) is 0 Å². The molecule has 0 aliphatic rings. The van der Waals surface area contributed by atoms with Crippen LogP contribution in [0.2, 0.25) is 0 Å². The van der Waals surface area contributed by atoms with E-state index in [-0.39, 0.29) is 6.61 Å². The van der Waals surface area contributed by atoms with Gasteiger partial charge in [0.15, 0.2) is 18.1 Å². The van der Waals surface area contributed by atoms with E-state index < -0.39 is 5.91 Å². The molecule has 0 spiro atoms. The summed E-state index contributed by atoms with van der Waals surface area (Å²) in [5, 5.41) is 0. The van der Waals surface area contributed by atoms with Gasteiger partial charge in [-0.1, -0.05) is 19.9 Å². The third-order valence-corrected chi connectivity index (χ3v) is 1.69. The summed E-state index contributed by atoms with van der Waals surface area (Å²) >= 11 is 0. The number of nitrogens with two attached hydrogens (primary N) is 1. The Bertz CT molecular complexity index is 337. The van der Waals surface area contributed by atoms with Crippen LogP contribution in [0.1, 0.15) is 19.4 Å². The molecule has 0 fully saturated rings. The van der Waals surface area contributed by atoms with Crippen molar-refractivity contribution in [1.82, 2.24) is 0 Å². The predicted molar refractivity (Wildman–Crippen MR) is 63.8 cm³/mol. The van der Waals surface area contributed by atoms with Crippen molar-refractivity contribution in [3.63, 3.8) is 0 Å². The van der Waals surface area contributed by atoms with Crippen LogP contribution >= 0.6 is 0 Å². The van der Waals surface area contributed by atoms with E-state index in [4.69, 9.17) is 15.2 Å². The first-order valence-electron chi connectivity index (χ1n) is 5.19. The molecule has 0 bridgehead atoms. The van der Waals surface area contributed by atoms with E-state index in [9.17, 15) is 4.79 Å². The van der Waals surface area contributed by atoms with E-state index in [1.54, 1.807) is 19.2 Å². The maximum atomic E-state index is 10.5. The lowest BCUT2D eigenvalue weighted by atomic mass is 10.2. The molecular weight excluding hydrogens is 206 g/mol. The van der Waals surface area contributed by atoms with Gasteiger partial charge in [0, 0.05) is 0 Å². The van der Waals surface area contributed by atoms with Gasteiger partial charge in [-0.15, -0.1) is 0 Å². The standard InChI is InChI=1S/C10H13NO3.C2H6/c1-7-3-4-8(13-2)9(5-7)14-6-10(11)12;1-2/h3-5H,6H2,1-2H3,(H2,11,12);1-2H3. The molecule has 0 aliphatic heterocycles. The van der Waals surface area contributed by atoms with Gasteiger partial charge >= 0.3 is 0 Å². The zero-order valence-electron chi connectivity index (χ0n) is 10.2. The number of rotatable bonds is 4. The van der Waals surface area contributed by atoms with E-state index in [0.29, 0.717) is 11.5 Å². The number of amides is 1. The highest BCUT2D eigenvalue weighted by molar-refractivity contribution is 5.75. The van der Waals surface area contributed by atoms with Crippen LogP contribution in [0, 0.1) is 6.92 Å². The summed E-state index contributed by atoms with van der Waals surface area (Å²) in [7, 11) is 1.54. The monoisotopic (exact) mass is 225 g/mol. The van der Waals surface area contributed by atoms with Crippen molar-refractivity contribution in [2.45, 2.75) is 20.8 Å². The van der Waals surface area contributed by atoms with Gasteiger partial charge in [0.1, 0.15) is 0 Å². The zero-order chi connectivity index (χ0) is 12.6. The third kappa shape index (κ3) is 4.68. The van der Waals surface area contributed by atoms with Crippen molar-refractivity contribution in [2.75, 3.05) is 13.7 Å². The Morgan fingerprint density at radius 3 is 2.44 bits per heavy atom. The summed E-state index contributed by atoms with van der Waals surface area (Å²) in [6.07, 6.45) is 0. The topological polar surface area (TPSA) is 61.6 Å². The second-order valence-corrected chi connectivity index (χ2v) is 2.91. The van der Waals surface area contributed by atoms with Crippen LogP contribution in [0.3, 0.4) is 0 Å². The molecule has 0 unspecified atom stereocenters. The average molecular weight is 225 g/mol. The van der Waals surface area contributed by atoms with Gasteiger partial charge in [-0.2, -0.15) is 0 Å². The van der Waals surface area contributed by atoms with E-state index in [0.717, 1.165) is 5.56 Å². The molecule has 0 radical (unpaired) electrons. The average Bonchev–Trinajstić information content (AvgIpc) is 2.29. The van der Waals surface area contributed by atoms with Crippen LogP contribution in [0.25, 0.3) is 0 Å². The van der Waals surface area contributed by atoms with Gasteiger partial charge in [-0.05, 0) is 24.6 Å². The number of ether oxygens (including phenoxy) is 2. The number of aryl methyl sites for hydroxylation is 1. The van der Waals surface area contributed by atoms with E-state index in [1.807, 2.05) is 26.8 Å². The molecule has 0 saturated heterocycles. The van der Waals surface area contributed by atoms with Gasteiger partial charge < -0.3 is 15.2 Å². The Morgan fingerprint density at radius 2 is 1.94 bits per heavy atom. The quantitative estimate of drug-likeness (QED) is 0.851. The second-order valence-electron chi connectivity index (χ2n) is 2.91. The van der Waals surface area contributed by atoms with E-state index in [2.05, 4.69) is 0 Å². The molecule has 1 amide bonds. The van der Waals surface area contributed by atoms with Crippen LogP contribution in [0.5, 0.6) is 11.5 Å². The minimum Gasteiger partial charge on any atom is -0.493 e. The lowest BCUT2D eigenvalue weighted by molar-refractivity contribution is -0.119. The first kappa shape index (κ1) is 14.3. The minimum atomic E-state index is -0.506. The molecule has 1 aromatic carbocycles. The molecular formula is C12H19NO3. The Labute approximate surface area is 96.4 Å². The first-order valence-corrected chi connectivity index (χ1v) is 5.19. The fraction of sp³-hybridized carbons (Fsp3) is 0.417. The fourth-order valence-corrected chi connectivity index (χ4v) is 1.05. The summed E-state index contributed by atoms with van der Waals surface area (Å²) in [4.78, 5) is 10.5. The number of hydrogen-bond donors (Lipinski definition) is 1. The number of benzene rings is 1. The molecule has 0 heterocycles. The predicted octanol–water partition coefficient (Wildman–Crippen LogP) is 1.89. The lowest BCUT2D eigenvalue weighted by Gasteiger charge is -2.09. The van der Waals surface area contributed by atoms with Crippen molar-refractivity contribution in [2.24, 2.45) is 5.73 Å². The molecule has 16 heavy (non-hydrogen) atoms. The van der Waals surface area contributed by atoms with Crippen LogP contribution in [-0.4, -0.2) is 19.6 Å². The van der Waals surface area contributed by atoms with Gasteiger partial charge in [-0.25, -0.2) is 0 Å². The summed E-state index contributed by atoms with van der Waals surface area (Å²) in [6, 6.07) is 5.48. The van der Waals surface area contributed by atoms with E-state index in [1.165, 1.54) is 0 Å².